The molecule has 0 aliphatic carbocycles. The number of halogens is 6. The summed E-state index contributed by atoms with van der Waals surface area (Å²) in [6.45, 7) is 2.24. The van der Waals surface area contributed by atoms with E-state index in [9.17, 15) is 26.3 Å². The molecular weight excluding hydrogens is 292 g/mol. The van der Waals surface area contributed by atoms with Crippen molar-refractivity contribution in [1.82, 2.24) is 9.97 Å². The van der Waals surface area contributed by atoms with Crippen molar-refractivity contribution in [3.05, 3.63) is 12.3 Å². The van der Waals surface area contributed by atoms with Gasteiger partial charge in [-0.25, -0.2) is 4.98 Å². The van der Waals surface area contributed by atoms with Crippen LogP contribution < -0.4 is 10.1 Å². The second-order valence-corrected chi connectivity index (χ2v) is 3.73. The van der Waals surface area contributed by atoms with Crippen LogP contribution >= 0.6 is 0 Å². The summed E-state index contributed by atoms with van der Waals surface area (Å²) < 4.78 is 77.7. The van der Waals surface area contributed by atoms with Crippen molar-refractivity contribution in [2.24, 2.45) is 0 Å². The van der Waals surface area contributed by atoms with Crippen LogP contribution in [0.5, 0.6) is 5.88 Å². The van der Waals surface area contributed by atoms with E-state index in [1.54, 1.807) is 0 Å². The molecule has 1 N–H and O–H groups in total. The zero-order valence-electron chi connectivity index (χ0n) is 10.2. The summed E-state index contributed by atoms with van der Waals surface area (Å²) in [7, 11) is 0. The zero-order chi connectivity index (χ0) is 15.4. The fourth-order valence-electron chi connectivity index (χ4n) is 1.17. The lowest BCUT2D eigenvalue weighted by Gasteiger charge is -2.23. The standard InChI is InChI=1S/C10H11F6N3O/c1-2-4-17-8-18-5-3-6(19-8)20-7(9(11,12)13)10(14,15)16/h3,5,7H,2,4H2,1H3,(H,17,18,19). The minimum atomic E-state index is -5.58. The second kappa shape index (κ2) is 6.14. The third-order valence-corrected chi connectivity index (χ3v) is 2.00. The SMILES string of the molecule is CCCNc1nccc(OC(C(F)(F)F)C(F)(F)F)n1. The Labute approximate surface area is 110 Å². The van der Waals surface area contributed by atoms with Gasteiger partial charge in [-0.3, -0.25) is 0 Å². The fraction of sp³-hybridized carbons (Fsp3) is 0.600. The van der Waals surface area contributed by atoms with E-state index < -0.39 is 24.3 Å². The van der Waals surface area contributed by atoms with Gasteiger partial charge in [-0.2, -0.15) is 31.3 Å². The van der Waals surface area contributed by atoms with Crippen LogP contribution in [0, 0.1) is 0 Å². The summed E-state index contributed by atoms with van der Waals surface area (Å²) in [5, 5.41) is 2.62. The van der Waals surface area contributed by atoms with Gasteiger partial charge in [-0.05, 0) is 6.42 Å². The van der Waals surface area contributed by atoms with E-state index in [0.717, 1.165) is 12.3 Å². The molecule has 0 saturated heterocycles. The van der Waals surface area contributed by atoms with Gasteiger partial charge in [-0.1, -0.05) is 6.92 Å². The van der Waals surface area contributed by atoms with Crippen molar-refractivity contribution in [3.8, 4) is 5.88 Å². The summed E-state index contributed by atoms with van der Waals surface area (Å²) in [6, 6.07) is 0.821. The maximum Gasteiger partial charge on any atom is 0.434 e. The van der Waals surface area contributed by atoms with Crippen molar-refractivity contribution in [2.75, 3.05) is 11.9 Å². The molecule has 0 spiro atoms. The molecule has 0 aliphatic heterocycles. The smallest absolute Gasteiger partial charge is 0.434 e. The normalized spacial score (nSPS) is 12.6. The van der Waals surface area contributed by atoms with Crippen molar-refractivity contribution in [1.29, 1.82) is 0 Å². The molecule has 0 unspecified atom stereocenters. The molecule has 1 aromatic heterocycles. The highest BCUT2D eigenvalue weighted by Gasteiger charge is 2.59. The van der Waals surface area contributed by atoms with Crippen LogP contribution in [0.2, 0.25) is 0 Å². The van der Waals surface area contributed by atoms with Crippen LogP contribution in [0.3, 0.4) is 0 Å². The Bertz CT molecular complexity index is 420. The highest BCUT2D eigenvalue weighted by atomic mass is 19.4. The van der Waals surface area contributed by atoms with Crippen LogP contribution in [-0.2, 0) is 0 Å². The first-order valence-electron chi connectivity index (χ1n) is 5.51. The van der Waals surface area contributed by atoms with Crippen molar-refractivity contribution in [3.63, 3.8) is 0 Å². The van der Waals surface area contributed by atoms with Gasteiger partial charge in [0.2, 0.25) is 11.8 Å². The van der Waals surface area contributed by atoms with Crippen LogP contribution in [0.15, 0.2) is 12.3 Å². The molecule has 4 nitrogen and oxygen atoms in total. The molecule has 10 heteroatoms. The molecule has 0 bridgehead atoms. The summed E-state index contributed by atoms with van der Waals surface area (Å²) in [6.07, 6.45) is -13.4. The molecule has 0 saturated carbocycles. The Balaban J connectivity index is 2.89. The zero-order valence-corrected chi connectivity index (χ0v) is 10.2. The van der Waals surface area contributed by atoms with Gasteiger partial charge < -0.3 is 10.1 Å². The number of hydrogen-bond acceptors (Lipinski definition) is 4. The monoisotopic (exact) mass is 303 g/mol. The number of anilines is 1. The first-order valence-corrected chi connectivity index (χ1v) is 5.51. The predicted molar refractivity (Wildman–Crippen MR) is 57.3 cm³/mol. The van der Waals surface area contributed by atoms with Gasteiger partial charge in [0.15, 0.2) is 0 Å². The lowest BCUT2D eigenvalue weighted by molar-refractivity contribution is -0.300. The van der Waals surface area contributed by atoms with Crippen LogP contribution in [0.1, 0.15) is 13.3 Å². The number of nitrogens with zero attached hydrogens (tertiary/aromatic N) is 2. The summed E-state index contributed by atoms with van der Waals surface area (Å²) in [5.74, 6) is -0.911. The molecule has 0 fully saturated rings. The molecule has 20 heavy (non-hydrogen) atoms. The average Bonchev–Trinajstić information content (AvgIpc) is 2.31. The summed E-state index contributed by atoms with van der Waals surface area (Å²) in [4.78, 5) is 7.08. The average molecular weight is 303 g/mol. The van der Waals surface area contributed by atoms with Crippen LogP contribution in [-0.4, -0.2) is 35.0 Å². The molecular formula is C10H11F6N3O. The van der Waals surface area contributed by atoms with Crippen LogP contribution in [0.25, 0.3) is 0 Å². The Morgan fingerprint density at radius 2 is 1.80 bits per heavy atom. The van der Waals surface area contributed by atoms with E-state index in [4.69, 9.17) is 0 Å². The van der Waals surface area contributed by atoms with Crippen molar-refractivity contribution < 1.29 is 31.1 Å². The third kappa shape index (κ3) is 4.74. The molecule has 0 radical (unpaired) electrons. The van der Waals surface area contributed by atoms with Crippen molar-refractivity contribution >= 4 is 5.95 Å². The van der Waals surface area contributed by atoms with Crippen LogP contribution in [0.4, 0.5) is 32.3 Å². The third-order valence-electron chi connectivity index (χ3n) is 2.00. The van der Waals surface area contributed by atoms with Crippen molar-refractivity contribution in [2.45, 2.75) is 31.8 Å². The number of rotatable bonds is 5. The minimum absolute atomic E-state index is 0.104. The Kier molecular flexibility index (Phi) is 5.01. The minimum Gasteiger partial charge on any atom is -0.455 e. The molecule has 0 atom stereocenters. The van der Waals surface area contributed by atoms with Gasteiger partial charge in [0, 0.05) is 18.8 Å². The lowest BCUT2D eigenvalue weighted by atomic mass is 10.3. The van der Waals surface area contributed by atoms with Gasteiger partial charge in [0.25, 0.3) is 6.10 Å². The fourth-order valence-corrected chi connectivity index (χ4v) is 1.17. The van der Waals surface area contributed by atoms with Gasteiger partial charge in [0.05, 0.1) is 0 Å². The maximum absolute atomic E-state index is 12.3. The number of hydrogen-bond donors (Lipinski definition) is 1. The first-order chi connectivity index (χ1) is 9.14. The highest BCUT2D eigenvalue weighted by Crippen LogP contribution is 2.36. The van der Waals surface area contributed by atoms with E-state index >= 15 is 0 Å². The number of alkyl halides is 6. The molecule has 1 rings (SSSR count). The quantitative estimate of drug-likeness (QED) is 0.849. The Morgan fingerprint density at radius 1 is 1.20 bits per heavy atom. The van der Waals surface area contributed by atoms with E-state index in [1.165, 1.54) is 0 Å². The lowest BCUT2D eigenvalue weighted by Crippen LogP contribution is -2.46. The molecule has 114 valence electrons. The van der Waals surface area contributed by atoms with E-state index in [2.05, 4.69) is 20.0 Å². The Hall–Kier alpha value is -1.74. The van der Waals surface area contributed by atoms with Gasteiger partial charge >= 0.3 is 12.4 Å². The number of aromatic nitrogens is 2. The first kappa shape index (κ1) is 16.3. The molecule has 0 aromatic carbocycles. The molecule has 0 aliphatic rings. The topological polar surface area (TPSA) is 47.0 Å². The summed E-state index contributed by atoms with van der Waals surface area (Å²) in [5.41, 5.74) is 0. The van der Waals surface area contributed by atoms with Gasteiger partial charge in [0.1, 0.15) is 0 Å². The molecule has 0 amide bonds. The summed E-state index contributed by atoms with van der Waals surface area (Å²) >= 11 is 0. The second-order valence-electron chi connectivity index (χ2n) is 3.73. The van der Waals surface area contributed by atoms with Gasteiger partial charge in [-0.15, -0.1) is 0 Å². The Morgan fingerprint density at radius 3 is 2.30 bits per heavy atom. The maximum atomic E-state index is 12.3. The highest BCUT2D eigenvalue weighted by molar-refractivity contribution is 5.27. The molecule has 1 heterocycles. The van der Waals surface area contributed by atoms with E-state index in [0.29, 0.717) is 13.0 Å². The number of nitrogens with one attached hydrogen (secondary N) is 1. The van der Waals surface area contributed by atoms with E-state index in [1.807, 2.05) is 6.92 Å². The number of ether oxygens (including phenoxy) is 1. The largest absolute Gasteiger partial charge is 0.455 e. The molecule has 1 aromatic rings. The van der Waals surface area contributed by atoms with E-state index in [-0.39, 0.29) is 5.95 Å². The predicted octanol–water partition coefficient (Wildman–Crippen LogP) is 3.17.